The van der Waals surface area contributed by atoms with Crippen molar-refractivity contribution in [2.45, 2.75) is 84.1 Å². The first kappa shape index (κ1) is 17.4. The zero-order valence-electron chi connectivity index (χ0n) is 12.4. The van der Waals surface area contributed by atoms with E-state index in [0.717, 1.165) is 25.7 Å². The van der Waals surface area contributed by atoms with Gasteiger partial charge < -0.3 is 10.4 Å². The number of rotatable bonds is 11. The molecule has 108 valence electrons. The number of carbonyl (C=O) groups is 1. The maximum atomic E-state index is 11.8. The summed E-state index contributed by atoms with van der Waals surface area (Å²) >= 11 is 0. The van der Waals surface area contributed by atoms with Crippen molar-refractivity contribution in [3.63, 3.8) is 0 Å². The van der Waals surface area contributed by atoms with Crippen molar-refractivity contribution in [1.82, 2.24) is 5.32 Å². The van der Waals surface area contributed by atoms with Gasteiger partial charge in [0.15, 0.2) is 0 Å². The minimum Gasteiger partial charge on any atom is -0.394 e. The third kappa shape index (κ3) is 7.00. The van der Waals surface area contributed by atoms with Gasteiger partial charge in [0, 0.05) is 6.42 Å². The molecule has 0 radical (unpaired) electrons. The van der Waals surface area contributed by atoms with Crippen LogP contribution in [0.5, 0.6) is 0 Å². The molecule has 0 saturated heterocycles. The number of unbranched alkanes of at least 4 members (excludes halogenated alkanes) is 5. The first-order valence-electron chi connectivity index (χ1n) is 7.56. The molecule has 0 aliphatic heterocycles. The number of aliphatic hydroxyl groups is 1. The normalized spacial score (nSPS) is 11.6. The average Bonchev–Trinajstić information content (AvgIpc) is 2.40. The summed E-state index contributed by atoms with van der Waals surface area (Å²) < 4.78 is 0. The van der Waals surface area contributed by atoms with Crippen LogP contribution >= 0.6 is 0 Å². The van der Waals surface area contributed by atoms with Gasteiger partial charge in [-0.1, -0.05) is 52.9 Å². The first-order valence-corrected chi connectivity index (χ1v) is 7.56. The van der Waals surface area contributed by atoms with Gasteiger partial charge in [-0.2, -0.15) is 0 Å². The van der Waals surface area contributed by atoms with Crippen LogP contribution in [0.2, 0.25) is 0 Å². The van der Waals surface area contributed by atoms with E-state index in [0.29, 0.717) is 6.42 Å². The third-order valence-corrected chi connectivity index (χ3v) is 3.82. The Hall–Kier alpha value is -0.570. The first-order chi connectivity index (χ1) is 8.64. The summed E-state index contributed by atoms with van der Waals surface area (Å²) in [6, 6.07) is 0. The Morgan fingerprint density at radius 1 is 1.00 bits per heavy atom. The Balaban J connectivity index is 3.76. The minimum absolute atomic E-state index is 0.0300. The van der Waals surface area contributed by atoms with E-state index < -0.39 is 5.54 Å². The number of amides is 1. The summed E-state index contributed by atoms with van der Waals surface area (Å²) in [5.41, 5.74) is -0.403. The number of nitrogens with one attached hydrogen (secondary N) is 1. The van der Waals surface area contributed by atoms with Gasteiger partial charge >= 0.3 is 0 Å². The molecule has 3 nitrogen and oxygen atoms in total. The highest BCUT2D eigenvalue weighted by Crippen LogP contribution is 2.15. The highest BCUT2D eigenvalue weighted by atomic mass is 16.3. The van der Waals surface area contributed by atoms with E-state index in [1.165, 1.54) is 25.7 Å². The molecule has 1 amide bonds. The highest BCUT2D eigenvalue weighted by molar-refractivity contribution is 5.76. The number of carbonyl (C=O) groups excluding carboxylic acids is 1. The quantitative estimate of drug-likeness (QED) is 0.557. The van der Waals surface area contributed by atoms with Crippen molar-refractivity contribution in [3.8, 4) is 0 Å². The fourth-order valence-electron chi connectivity index (χ4n) is 2.11. The second kappa shape index (κ2) is 10.4. The maximum absolute atomic E-state index is 11.8. The Morgan fingerprint density at radius 3 is 2.06 bits per heavy atom. The topological polar surface area (TPSA) is 49.3 Å². The van der Waals surface area contributed by atoms with Gasteiger partial charge in [0.25, 0.3) is 0 Å². The fraction of sp³-hybridized carbons (Fsp3) is 0.933. The summed E-state index contributed by atoms with van der Waals surface area (Å²) in [5.74, 6) is 0.0863. The molecule has 0 aromatic heterocycles. The van der Waals surface area contributed by atoms with E-state index >= 15 is 0 Å². The van der Waals surface area contributed by atoms with Crippen LogP contribution in [0, 0.1) is 0 Å². The van der Waals surface area contributed by atoms with Gasteiger partial charge in [0.05, 0.1) is 12.1 Å². The molecule has 0 rings (SSSR count). The summed E-state index contributed by atoms with van der Waals surface area (Å²) in [5, 5.41) is 12.4. The molecule has 0 atom stereocenters. The lowest BCUT2D eigenvalue weighted by molar-refractivity contribution is -0.123. The van der Waals surface area contributed by atoms with Crippen molar-refractivity contribution in [1.29, 1.82) is 0 Å². The van der Waals surface area contributed by atoms with Gasteiger partial charge in [-0.25, -0.2) is 0 Å². The Morgan fingerprint density at radius 2 is 1.56 bits per heavy atom. The van der Waals surface area contributed by atoms with Crippen molar-refractivity contribution in [2.24, 2.45) is 0 Å². The van der Waals surface area contributed by atoms with Crippen LogP contribution in [0.4, 0.5) is 0 Å². The molecular formula is C15H31NO2. The van der Waals surface area contributed by atoms with Crippen LogP contribution in [0.15, 0.2) is 0 Å². The molecular weight excluding hydrogens is 226 g/mol. The van der Waals surface area contributed by atoms with Crippen molar-refractivity contribution < 1.29 is 9.90 Å². The van der Waals surface area contributed by atoms with Crippen LogP contribution in [0.25, 0.3) is 0 Å². The highest BCUT2D eigenvalue weighted by Gasteiger charge is 2.26. The van der Waals surface area contributed by atoms with E-state index in [1.807, 2.05) is 13.8 Å². The largest absolute Gasteiger partial charge is 0.394 e. The van der Waals surface area contributed by atoms with Crippen molar-refractivity contribution in [2.75, 3.05) is 6.61 Å². The molecule has 0 unspecified atom stereocenters. The Kier molecular flexibility index (Phi) is 10.0. The van der Waals surface area contributed by atoms with Crippen LogP contribution in [0.1, 0.15) is 78.6 Å². The monoisotopic (exact) mass is 257 g/mol. The smallest absolute Gasteiger partial charge is 0.220 e. The van der Waals surface area contributed by atoms with Crippen molar-refractivity contribution >= 4 is 5.91 Å². The van der Waals surface area contributed by atoms with E-state index in [1.54, 1.807) is 0 Å². The SMILES string of the molecule is CCCCCCCCC(=O)NC(CC)(CC)CO. The average molecular weight is 257 g/mol. The number of aliphatic hydroxyl groups excluding tert-OH is 1. The van der Waals surface area contributed by atoms with E-state index in [2.05, 4.69) is 12.2 Å². The molecule has 0 heterocycles. The Bertz CT molecular complexity index is 204. The second-order valence-corrected chi connectivity index (χ2v) is 5.21. The zero-order chi connectivity index (χ0) is 13.9. The van der Waals surface area contributed by atoms with Gasteiger partial charge in [-0.3, -0.25) is 4.79 Å². The summed E-state index contributed by atoms with van der Waals surface area (Å²) in [7, 11) is 0. The Labute approximate surface area is 112 Å². The lowest BCUT2D eigenvalue weighted by atomic mass is 9.93. The summed E-state index contributed by atoms with van der Waals surface area (Å²) in [6.07, 6.45) is 9.31. The number of hydrogen-bond donors (Lipinski definition) is 2. The van der Waals surface area contributed by atoms with Gasteiger partial charge in [0.2, 0.25) is 5.91 Å². The zero-order valence-corrected chi connectivity index (χ0v) is 12.4. The molecule has 0 fully saturated rings. The molecule has 3 heteroatoms. The van der Waals surface area contributed by atoms with E-state index in [-0.39, 0.29) is 12.5 Å². The molecule has 0 aliphatic rings. The van der Waals surface area contributed by atoms with E-state index in [9.17, 15) is 9.90 Å². The summed E-state index contributed by atoms with van der Waals surface area (Å²) in [4.78, 5) is 11.8. The second-order valence-electron chi connectivity index (χ2n) is 5.21. The van der Waals surface area contributed by atoms with Crippen LogP contribution in [-0.2, 0) is 4.79 Å². The lowest BCUT2D eigenvalue weighted by Gasteiger charge is -2.30. The molecule has 0 spiro atoms. The van der Waals surface area contributed by atoms with Gasteiger partial charge in [0.1, 0.15) is 0 Å². The molecule has 18 heavy (non-hydrogen) atoms. The lowest BCUT2D eigenvalue weighted by Crippen LogP contribution is -2.50. The van der Waals surface area contributed by atoms with Gasteiger partial charge in [-0.15, -0.1) is 0 Å². The number of hydrogen-bond acceptors (Lipinski definition) is 2. The third-order valence-electron chi connectivity index (χ3n) is 3.82. The maximum Gasteiger partial charge on any atom is 0.220 e. The van der Waals surface area contributed by atoms with Gasteiger partial charge in [-0.05, 0) is 19.3 Å². The molecule has 0 aliphatic carbocycles. The van der Waals surface area contributed by atoms with E-state index in [4.69, 9.17) is 0 Å². The predicted molar refractivity (Wildman–Crippen MR) is 76.5 cm³/mol. The minimum atomic E-state index is -0.403. The molecule has 0 aromatic rings. The molecule has 2 N–H and O–H groups in total. The van der Waals surface area contributed by atoms with Crippen LogP contribution < -0.4 is 5.32 Å². The molecule has 0 saturated carbocycles. The molecule has 0 aromatic carbocycles. The fourth-order valence-corrected chi connectivity index (χ4v) is 2.11. The molecule has 0 bridgehead atoms. The van der Waals surface area contributed by atoms with Crippen LogP contribution in [-0.4, -0.2) is 23.2 Å². The van der Waals surface area contributed by atoms with Crippen LogP contribution in [0.3, 0.4) is 0 Å². The van der Waals surface area contributed by atoms with Crippen molar-refractivity contribution in [3.05, 3.63) is 0 Å². The predicted octanol–water partition coefficient (Wildman–Crippen LogP) is 3.40. The summed E-state index contributed by atoms with van der Waals surface area (Å²) in [6.45, 7) is 6.25. The standard InChI is InChI=1S/C15H31NO2/c1-4-7-8-9-10-11-12-14(18)16-15(5-2,6-3)13-17/h17H,4-13H2,1-3H3,(H,16,18).